The van der Waals surface area contributed by atoms with Crippen LogP contribution in [-0.4, -0.2) is 48.1 Å². The zero-order valence-electron chi connectivity index (χ0n) is 19.6. The number of fused-ring (bicyclic) bond motifs is 3. The molecule has 0 spiro atoms. The summed E-state index contributed by atoms with van der Waals surface area (Å²) in [7, 11) is 0. The van der Waals surface area contributed by atoms with E-state index in [0.29, 0.717) is 0 Å². The van der Waals surface area contributed by atoms with Crippen LogP contribution in [0.1, 0.15) is 50.7 Å². The van der Waals surface area contributed by atoms with Gasteiger partial charge in [-0.2, -0.15) is 0 Å². The number of rotatable bonds is 9. The van der Waals surface area contributed by atoms with Crippen molar-refractivity contribution in [2.75, 3.05) is 13.2 Å². The Kier molecular flexibility index (Phi) is 8.15. The lowest BCUT2D eigenvalue weighted by atomic mass is 9.98. The summed E-state index contributed by atoms with van der Waals surface area (Å²) in [4.78, 5) is 27.9. The lowest BCUT2D eigenvalue weighted by molar-refractivity contribution is -0.157. The third kappa shape index (κ3) is 6.50. The molecule has 2 atom stereocenters. The zero-order valence-corrected chi connectivity index (χ0v) is 19.6. The highest BCUT2D eigenvalue weighted by Crippen LogP contribution is 2.44. The molecule has 3 rings (SSSR count). The molecule has 0 saturated heterocycles. The van der Waals surface area contributed by atoms with Crippen LogP contribution in [0.2, 0.25) is 0 Å². The van der Waals surface area contributed by atoms with Crippen LogP contribution in [-0.2, 0) is 14.3 Å². The van der Waals surface area contributed by atoms with E-state index >= 15 is 0 Å². The van der Waals surface area contributed by atoms with E-state index in [4.69, 9.17) is 15.0 Å². The molecule has 0 fully saturated rings. The number of azide groups is 1. The van der Waals surface area contributed by atoms with Crippen LogP contribution in [0.25, 0.3) is 21.6 Å². The number of esters is 1. The van der Waals surface area contributed by atoms with Gasteiger partial charge in [0.2, 0.25) is 0 Å². The Bertz CT molecular complexity index is 1030. The van der Waals surface area contributed by atoms with E-state index in [1.807, 2.05) is 36.4 Å². The smallest absolute Gasteiger partial charge is 0.407 e. The molecule has 0 bridgehead atoms. The van der Waals surface area contributed by atoms with Crippen molar-refractivity contribution in [3.63, 3.8) is 0 Å². The molecule has 9 heteroatoms. The first-order chi connectivity index (χ1) is 16.2. The quantitative estimate of drug-likeness (QED) is 0.239. The van der Waals surface area contributed by atoms with E-state index in [-0.39, 0.29) is 31.9 Å². The SMILES string of the molecule is CC(C)(C)OC(=O)C(CCC(O)CN=[N+]=[N-])NC(=O)OCC1c2ccccc2-c2ccccc21. The van der Waals surface area contributed by atoms with Crippen molar-refractivity contribution in [3.8, 4) is 11.1 Å². The van der Waals surface area contributed by atoms with E-state index in [1.165, 1.54) is 0 Å². The maximum absolute atomic E-state index is 12.7. The summed E-state index contributed by atoms with van der Waals surface area (Å²) < 4.78 is 10.9. The molecule has 1 aliphatic rings. The number of alkyl carbamates (subject to hydrolysis) is 1. The highest BCUT2D eigenvalue weighted by molar-refractivity contribution is 5.82. The zero-order chi connectivity index (χ0) is 24.7. The van der Waals surface area contributed by atoms with Crippen LogP contribution >= 0.6 is 0 Å². The van der Waals surface area contributed by atoms with Crippen LogP contribution in [0.4, 0.5) is 4.79 Å². The molecular formula is C25H30N4O5. The van der Waals surface area contributed by atoms with Crippen LogP contribution in [0.15, 0.2) is 53.6 Å². The third-order valence-corrected chi connectivity index (χ3v) is 5.47. The van der Waals surface area contributed by atoms with Crippen LogP contribution in [0.5, 0.6) is 0 Å². The topological polar surface area (TPSA) is 134 Å². The molecule has 1 aliphatic carbocycles. The summed E-state index contributed by atoms with van der Waals surface area (Å²) in [6.07, 6.45) is -1.46. The van der Waals surface area contributed by atoms with Gasteiger partial charge in [0.15, 0.2) is 0 Å². The average molecular weight is 467 g/mol. The van der Waals surface area contributed by atoms with Gasteiger partial charge >= 0.3 is 12.1 Å². The van der Waals surface area contributed by atoms with Gasteiger partial charge in [0.1, 0.15) is 18.2 Å². The van der Waals surface area contributed by atoms with Gasteiger partial charge in [-0.1, -0.05) is 53.6 Å². The standard InChI is InChI=1S/C25H30N4O5/c1-25(2,3)34-23(31)22(13-12-16(30)14-27-29-26)28-24(32)33-15-21-19-10-6-4-8-17(19)18-9-5-7-11-20(18)21/h4-11,16,21-22,30H,12-15H2,1-3H3,(H,28,32). The number of amides is 1. The number of carbonyl (C=O) groups is 2. The van der Waals surface area contributed by atoms with E-state index in [0.717, 1.165) is 22.3 Å². The molecule has 0 saturated carbocycles. The lowest BCUT2D eigenvalue weighted by Crippen LogP contribution is -2.45. The third-order valence-electron chi connectivity index (χ3n) is 5.47. The van der Waals surface area contributed by atoms with Crippen LogP contribution in [0.3, 0.4) is 0 Å². The highest BCUT2D eigenvalue weighted by atomic mass is 16.6. The predicted octanol–water partition coefficient (Wildman–Crippen LogP) is 4.69. The van der Waals surface area contributed by atoms with Gasteiger partial charge in [0, 0.05) is 10.8 Å². The van der Waals surface area contributed by atoms with Crippen LogP contribution in [0, 0.1) is 0 Å². The average Bonchev–Trinajstić information content (AvgIpc) is 3.11. The first kappa shape index (κ1) is 25.1. The Morgan fingerprint density at radius 1 is 1.09 bits per heavy atom. The summed E-state index contributed by atoms with van der Waals surface area (Å²) in [5.41, 5.74) is 12.1. The Morgan fingerprint density at radius 2 is 1.68 bits per heavy atom. The number of ether oxygens (including phenoxy) is 2. The maximum atomic E-state index is 12.7. The number of nitrogens with zero attached hydrogens (tertiary/aromatic N) is 3. The minimum Gasteiger partial charge on any atom is -0.458 e. The number of benzene rings is 2. The number of hydrogen-bond donors (Lipinski definition) is 2. The molecular weight excluding hydrogens is 436 g/mol. The number of carbonyl (C=O) groups excluding carboxylic acids is 2. The number of aliphatic hydroxyl groups excluding tert-OH is 1. The van der Waals surface area contributed by atoms with Gasteiger partial charge in [-0.3, -0.25) is 0 Å². The molecule has 0 heterocycles. The largest absolute Gasteiger partial charge is 0.458 e. The van der Waals surface area contributed by atoms with Gasteiger partial charge in [0.25, 0.3) is 0 Å². The highest BCUT2D eigenvalue weighted by Gasteiger charge is 2.31. The van der Waals surface area contributed by atoms with Crippen molar-refractivity contribution in [2.24, 2.45) is 5.11 Å². The minimum atomic E-state index is -1.02. The molecule has 0 aromatic heterocycles. The van der Waals surface area contributed by atoms with Crippen molar-refractivity contribution >= 4 is 12.1 Å². The second kappa shape index (κ2) is 11.0. The molecule has 2 aromatic carbocycles. The summed E-state index contributed by atoms with van der Waals surface area (Å²) in [5, 5.41) is 15.8. The van der Waals surface area contributed by atoms with E-state index < -0.39 is 29.8 Å². The molecule has 2 aromatic rings. The van der Waals surface area contributed by atoms with Crippen molar-refractivity contribution in [1.29, 1.82) is 0 Å². The molecule has 2 N–H and O–H groups in total. The summed E-state index contributed by atoms with van der Waals surface area (Å²) in [5.74, 6) is -0.735. The molecule has 180 valence electrons. The van der Waals surface area contributed by atoms with Crippen molar-refractivity contribution in [1.82, 2.24) is 5.32 Å². The first-order valence-electron chi connectivity index (χ1n) is 11.2. The normalized spacial score (nSPS) is 14.2. The molecule has 1 amide bonds. The van der Waals surface area contributed by atoms with E-state index in [9.17, 15) is 14.7 Å². The van der Waals surface area contributed by atoms with Crippen molar-refractivity contribution in [2.45, 2.75) is 57.3 Å². The number of hydrogen-bond acceptors (Lipinski definition) is 6. The molecule has 0 radical (unpaired) electrons. The van der Waals surface area contributed by atoms with Crippen molar-refractivity contribution in [3.05, 3.63) is 70.1 Å². The first-order valence-corrected chi connectivity index (χ1v) is 11.2. The Morgan fingerprint density at radius 3 is 2.24 bits per heavy atom. The number of aliphatic hydroxyl groups is 1. The fourth-order valence-corrected chi connectivity index (χ4v) is 3.99. The number of nitrogens with one attached hydrogen (secondary N) is 1. The summed E-state index contributed by atoms with van der Waals surface area (Å²) in [6, 6.07) is 15.0. The van der Waals surface area contributed by atoms with Gasteiger partial charge in [0.05, 0.1) is 12.6 Å². The van der Waals surface area contributed by atoms with E-state index in [1.54, 1.807) is 20.8 Å². The van der Waals surface area contributed by atoms with Gasteiger partial charge in [-0.25, -0.2) is 9.59 Å². The van der Waals surface area contributed by atoms with Gasteiger partial charge < -0.3 is 19.9 Å². The molecule has 2 unspecified atom stereocenters. The maximum Gasteiger partial charge on any atom is 0.407 e. The van der Waals surface area contributed by atoms with Gasteiger partial charge in [-0.15, -0.1) is 0 Å². The molecule has 0 aliphatic heterocycles. The fourth-order valence-electron chi connectivity index (χ4n) is 3.99. The minimum absolute atomic E-state index is 0.0984. The second-order valence-electron chi connectivity index (χ2n) is 9.20. The van der Waals surface area contributed by atoms with Crippen molar-refractivity contribution < 1.29 is 24.2 Å². The Hall–Kier alpha value is -3.55. The lowest BCUT2D eigenvalue weighted by Gasteiger charge is -2.25. The predicted molar refractivity (Wildman–Crippen MR) is 127 cm³/mol. The fraction of sp³-hybridized carbons (Fsp3) is 0.440. The Labute approximate surface area is 198 Å². The monoisotopic (exact) mass is 466 g/mol. The van der Waals surface area contributed by atoms with Crippen LogP contribution < -0.4 is 5.32 Å². The molecule has 34 heavy (non-hydrogen) atoms. The Balaban J connectivity index is 1.65. The second-order valence-corrected chi connectivity index (χ2v) is 9.20. The summed E-state index contributed by atoms with van der Waals surface area (Å²) in [6.45, 7) is 5.17. The van der Waals surface area contributed by atoms with Gasteiger partial charge in [-0.05, 0) is 61.4 Å². The van der Waals surface area contributed by atoms with E-state index in [2.05, 4.69) is 27.5 Å². The summed E-state index contributed by atoms with van der Waals surface area (Å²) >= 11 is 0. The molecule has 9 nitrogen and oxygen atoms in total.